The molecule has 0 spiro atoms. The Morgan fingerprint density at radius 3 is 2.79 bits per heavy atom. The number of guanidine groups is 1. The molecule has 19 heavy (non-hydrogen) atoms. The number of hydrogen-bond acceptors (Lipinski definition) is 1. The van der Waals surface area contributed by atoms with Crippen LogP contribution in [0.15, 0.2) is 23.2 Å². The number of benzene rings is 1. The fraction of sp³-hybridized carbons (Fsp3) is 0.357. The molecule has 0 saturated heterocycles. The van der Waals surface area contributed by atoms with Crippen LogP contribution in [-0.4, -0.2) is 25.6 Å². The molecule has 102 valence electrons. The zero-order valence-corrected chi connectivity index (χ0v) is 10.8. The summed E-state index contributed by atoms with van der Waals surface area (Å²) in [5.41, 5.74) is 0.443. The van der Waals surface area contributed by atoms with Crippen molar-refractivity contribution in [2.75, 3.05) is 19.6 Å². The van der Waals surface area contributed by atoms with E-state index in [4.69, 9.17) is 6.42 Å². The van der Waals surface area contributed by atoms with E-state index in [2.05, 4.69) is 21.5 Å². The summed E-state index contributed by atoms with van der Waals surface area (Å²) in [5, 5.41) is 5.95. The number of terminal acetylenes is 1. The van der Waals surface area contributed by atoms with Crippen LogP contribution < -0.4 is 10.6 Å². The average molecular weight is 265 g/mol. The predicted molar refractivity (Wildman–Crippen MR) is 72.9 cm³/mol. The maximum absolute atomic E-state index is 13.4. The minimum Gasteiger partial charge on any atom is -0.357 e. The van der Waals surface area contributed by atoms with Crippen LogP contribution in [0.1, 0.15) is 12.5 Å². The SMILES string of the molecule is C#CCNC(=NCCc1ccc(F)cc1F)NCC. The second-order valence-corrected chi connectivity index (χ2v) is 3.80. The van der Waals surface area contributed by atoms with E-state index < -0.39 is 11.6 Å². The van der Waals surface area contributed by atoms with Crippen molar-refractivity contribution in [2.45, 2.75) is 13.3 Å². The van der Waals surface area contributed by atoms with Crippen LogP contribution in [-0.2, 0) is 6.42 Å². The van der Waals surface area contributed by atoms with E-state index in [-0.39, 0.29) is 0 Å². The fourth-order valence-electron chi connectivity index (χ4n) is 1.49. The molecule has 0 atom stereocenters. The Balaban J connectivity index is 2.56. The lowest BCUT2D eigenvalue weighted by Gasteiger charge is -2.08. The monoisotopic (exact) mass is 265 g/mol. The second kappa shape index (κ2) is 8.09. The molecule has 0 unspecified atom stereocenters. The number of nitrogens with one attached hydrogen (secondary N) is 2. The van der Waals surface area contributed by atoms with Gasteiger partial charge in [0.15, 0.2) is 5.96 Å². The van der Waals surface area contributed by atoms with Gasteiger partial charge in [-0.15, -0.1) is 6.42 Å². The smallest absolute Gasteiger partial charge is 0.192 e. The van der Waals surface area contributed by atoms with Gasteiger partial charge in [-0.1, -0.05) is 12.0 Å². The van der Waals surface area contributed by atoms with Gasteiger partial charge in [-0.3, -0.25) is 4.99 Å². The Morgan fingerprint density at radius 2 is 2.16 bits per heavy atom. The van der Waals surface area contributed by atoms with Gasteiger partial charge in [0.05, 0.1) is 6.54 Å². The fourth-order valence-corrected chi connectivity index (χ4v) is 1.49. The summed E-state index contributed by atoms with van der Waals surface area (Å²) in [5.74, 6) is 1.91. The van der Waals surface area contributed by atoms with E-state index in [0.29, 0.717) is 37.6 Å². The van der Waals surface area contributed by atoms with Crippen LogP contribution in [0.4, 0.5) is 8.78 Å². The highest BCUT2D eigenvalue weighted by molar-refractivity contribution is 5.79. The molecule has 1 aromatic rings. The van der Waals surface area contributed by atoms with Crippen LogP contribution in [0.3, 0.4) is 0 Å². The quantitative estimate of drug-likeness (QED) is 0.483. The van der Waals surface area contributed by atoms with Crippen molar-refractivity contribution in [3.8, 4) is 12.3 Å². The van der Waals surface area contributed by atoms with Crippen molar-refractivity contribution < 1.29 is 8.78 Å². The number of aliphatic imine (C=N–C) groups is 1. The Labute approximate surface area is 112 Å². The number of rotatable bonds is 5. The van der Waals surface area contributed by atoms with Crippen molar-refractivity contribution in [3.63, 3.8) is 0 Å². The van der Waals surface area contributed by atoms with Gasteiger partial charge in [-0.05, 0) is 25.0 Å². The second-order valence-electron chi connectivity index (χ2n) is 3.80. The molecule has 0 aliphatic carbocycles. The predicted octanol–water partition coefficient (Wildman–Crippen LogP) is 1.70. The first-order chi connectivity index (χ1) is 9.17. The zero-order valence-electron chi connectivity index (χ0n) is 10.8. The molecule has 1 aromatic carbocycles. The molecule has 2 N–H and O–H groups in total. The molecule has 0 heterocycles. The van der Waals surface area contributed by atoms with E-state index in [1.54, 1.807) is 0 Å². The molecule has 5 heteroatoms. The first-order valence-electron chi connectivity index (χ1n) is 6.07. The third-order valence-electron chi connectivity index (χ3n) is 2.37. The van der Waals surface area contributed by atoms with Crippen LogP contribution in [0.2, 0.25) is 0 Å². The number of nitrogens with zero attached hydrogens (tertiary/aromatic N) is 1. The average Bonchev–Trinajstić information content (AvgIpc) is 2.38. The summed E-state index contributed by atoms with van der Waals surface area (Å²) in [4.78, 5) is 4.25. The van der Waals surface area contributed by atoms with Crippen molar-refractivity contribution in [3.05, 3.63) is 35.4 Å². The van der Waals surface area contributed by atoms with Gasteiger partial charge in [-0.25, -0.2) is 8.78 Å². The highest BCUT2D eigenvalue weighted by atomic mass is 19.1. The zero-order chi connectivity index (χ0) is 14.1. The molecule has 0 amide bonds. The Kier molecular flexibility index (Phi) is 6.37. The maximum atomic E-state index is 13.4. The van der Waals surface area contributed by atoms with Crippen LogP contribution in [0, 0.1) is 24.0 Å². The van der Waals surface area contributed by atoms with Gasteiger partial charge in [0, 0.05) is 19.2 Å². The first-order valence-corrected chi connectivity index (χ1v) is 6.07. The van der Waals surface area contributed by atoms with Gasteiger partial charge in [0.1, 0.15) is 11.6 Å². The van der Waals surface area contributed by atoms with Crippen LogP contribution in [0.25, 0.3) is 0 Å². The summed E-state index contributed by atoms with van der Waals surface area (Å²) >= 11 is 0. The van der Waals surface area contributed by atoms with Gasteiger partial charge in [-0.2, -0.15) is 0 Å². The first kappa shape index (κ1) is 15.0. The van der Waals surface area contributed by atoms with Crippen molar-refractivity contribution in [1.29, 1.82) is 0 Å². The van der Waals surface area contributed by atoms with Crippen molar-refractivity contribution in [1.82, 2.24) is 10.6 Å². The lowest BCUT2D eigenvalue weighted by atomic mass is 10.1. The minimum absolute atomic E-state index is 0.372. The van der Waals surface area contributed by atoms with E-state index >= 15 is 0 Å². The van der Waals surface area contributed by atoms with E-state index in [0.717, 1.165) is 6.07 Å². The van der Waals surface area contributed by atoms with Gasteiger partial charge in [0.2, 0.25) is 0 Å². The molecule has 0 fully saturated rings. The summed E-state index contributed by atoms with van der Waals surface area (Å²) in [6.07, 6.45) is 5.55. The van der Waals surface area contributed by atoms with Crippen molar-refractivity contribution in [2.24, 2.45) is 4.99 Å². The molecule has 3 nitrogen and oxygen atoms in total. The Morgan fingerprint density at radius 1 is 1.37 bits per heavy atom. The third kappa shape index (κ3) is 5.38. The lowest BCUT2D eigenvalue weighted by Crippen LogP contribution is -2.37. The largest absolute Gasteiger partial charge is 0.357 e. The lowest BCUT2D eigenvalue weighted by molar-refractivity contribution is 0.572. The Hall–Kier alpha value is -2.09. The molecule has 0 bridgehead atoms. The van der Waals surface area contributed by atoms with E-state index in [1.165, 1.54) is 12.1 Å². The van der Waals surface area contributed by atoms with E-state index in [9.17, 15) is 8.78 Å². The molecular weight excluding hydrogens is 248 g/mol. The molecule has 0 aromatic heterocycles. The highest BCUT2D eigenvalue weighted by Gasteiger charge is 2.03. The van der Waals surface area contributed by atoms with Gasteiger partial charge in [0.25, 0.3) is 0 Å². The minimum atomic E-state index is -0.575. The molecule has 0 saturated carbocycles. The molecule has 1 rings (SSSR count). The van der Waals surface area contributed by atoms with Gasteiger partial charge < -0.3 is 10.6 Å². The highest BCUT2D eigenvalue weighted by Crippen LogP contribution is 2.09. The number of hydrogen-bond donors (Lipinski definition) is 2. The van der Waals surface area contributed by atoms with Crippen LogP contribution >= 0.6 is 0 Å². The molecule has 0 aliphatic rings. The molecule has 0 radical (unpaired) electrons. The Bertz CT molecular complexity index is 478. The third-order valence-corrected chi connectivity index (χ3v) is 2.37. The summed E-state index contributed by atoms with van der Waals surface area (Å²) in [6.45, 7) is 3.41. The topological polar surface area (TPSA) is 36.4 Å². The van der Waals surface area contributed by atoms with E-state index in [1.807, 2.05) is 6.92 Å². The number of halogens is 2. The molecule has 0 aliphatic heterocycles. The van der Waals surface area contributed by atoms with Crippen LogP contribution in [0.5, 0.6) is 0 Å². The summed E-state index contributed by atoms with van der Waals surface area (Å²) < 4.78 is 26.1. The molecular formula is C14H17F2N3. The standard InChI is InChI=1S/C14H17F2N3/c1-3-8-18-14(17-4-2)19-9-7-11-5-6-12(15)10-13(11)16/h1,5-6,10H,4,7-9H2,2H3,(H2,17,18,19). The normalized spacial score (nSPS) is 10.9. The van der Waals surface area contributed by atoms with Gasteiger partial charge >= 0.3 is 0 Å². The summed E-state index contributed by atoms with van der Waals surface area (Å²) in [6, 6.07) is 3.55. The maximum Gasteiger partial charge on any atom is 0.192 e. The van der Waals surface area contributed by atoms with Crippen molar-refractivity contribution >= 4 is 5.96 Å². The summed E-state index contributed by atoms with van der Waals surface area (Å²) in [7, 11) is 0.